The number of para-hydroxylation sites is 2. The Bertz CT molecular complexity index is 359. The molecule has 4 nitrogen and oxygen atoms in total. The first-order valence-corrected chi connectivity index (χ1v) is 4.11. The molecule has 1 rings (SSSR count). The summed E-state index contributed by atoms with van der Waals surface area (Å²) in [7, 11) is 0. The van der Waals surface area contributed by atoms with Crippen molar-refractivity contribution in [1.29, 1.82) is 0 Å². The van der Waals surface area contributed by atoms with Crippen LogP contribution in [0.5, 0.6) is 5.75 Å². The van der Waals surface area contributed by atoms with Gasteiger partial charge in [-0.3, -0.25) is 14.7 Å². The summed E-state index contributed by atoms with van der Waals surface area (Å²) in [5.74, 6) is -1.25. The monoisotopic (exact) mass is 192 g/mol. The zero-order chi connectivity index (χ0) is 10.7. The van der Waals surface area contributed by atoms with E-state index in [1.54, 1.807) is 12.1 Å². The van der Waals surface area contributed by atoms with Crippen LogP contribution in [0.4, 0.5) is 5.69 Å². The molecular weight excluding hydrogens is 182 g/mol. The summed E-state index contributed by atoms with van der Waals surface area (Å²) in [6, 6.07) is 5.93. The first-order valence-electron chi connectivity index (χ1n) is 4.11. The van der Waals surface area contributed by atoms with Gasteiger partial charge in [-0.1, -0.05) is 12.1 Å². The van der Waals surface area contributed by atoms with E-state index in [4.69, 9.17) is 0 Å². The average molecular weight is 192 g/mol. The zero-order valence-electron chi connectivity index (χ0n) is 7.98. The summed E-state index contributed by atoms with van der Waals surface area (Å²) >= 11 is 0. The van der Waals surface area contributed by atoms with Gasteiger partial charge in [-0.05, 0) is 12.1 Å². The summed E-state index contributed by atoms with van der Waals surface area (Å²) in [5.41, 5.74) is 0.104. The molecule has 2 amide bonds. The van der Waals surface area contributed by atoms with Crippen LogP contribution in [-0.4, -0.2) is 11.8 Å². The van der Waals surface area contributed by atoms with Crippen molar-refractivity contribution in [2.24, 2.45) is 0 Å². The minimum absolute atomic E-state index is 0.104. The molecule has 0 aliphatic heterocycles. The minimum Gasteiger partial charge on any atom is -0.288 e. The second kappa shape index (κ2) is 3.91. The Kier molecular flexibility index (Phi) is 2.86. The van der Waals surface area contributed by atoms with Crippen molar-refractivity contribution in [2.75, 3.05) is 4.90 Å². The summed E-state index contributed by atoms with van der Waals surface area (Å²) in [4.78, 5) is 23.1. The molecule has 0 N–H and O–H groups in total. The van der Waals surface area contributed by atoms with E-state index in [1.165, 1.54) is 26.0 Å². The smallest absolute Gasteiger partial charge is 0.230 e. The third kappa shape index (κ3) is 1.90. The van der Waals surface area contributed by atoms with E-state index in [-0.39, 0.29) is 11.4 Å². The van der Waals surface area contributed by atoms with E-state index in [9.17, 15) is 14.7 Å². The highest BCUT2D eigenvalue weighted by Crippen LogP contribution is 2.27. The first-order chi connectivity index (χ1) is 6.54. The summed E-state index contributed by atoms with van der Waals surface area (Å²) in [6.07, 6.45) is 0. The summed E-state index contributed by atoms with van der Waals surface area (Å²) < 4.78 is 0. The van der Waals surface area contributed by atoms with Crippen molar-refractivity contribution in [1.82, 2.24) is 0 Å². The van der Waals surface area contributed by atoms with E-state index in [2.05, 4.69) is 0 Å². The number of imide groups is 1. The lowest BCUT2D eigenvalue weighted by Gasteiger charge is -2.16. The molecule has 0 aromatic heterocycles. The molecule has 0 unspecified atom stereocenters. The number of amides is 2. The van der Waals surface area contributed by atoms with Crippen LogP contribution in [0.3, 0.4) is 0 Å². The Morgan fingerprint density at radius 3 is 2.00 bits per heavy atom. The van der Waals surface area contributed by atoms with E-state index in [0.29, 0.717) is 0 Å². The third-order valence-electron chi connectivity index (χ3n) is 1.74. The van der Waals surface area contributed by atoms with Gasteiger partial charge in [0.1, 0.15) is 0 Å². The Morgan fingerprint density at radius 2 is 1.57 bits per heavy atom. The molecule has 0 saturated carbocycles. The van der Waals surface area contributed by atoms with Gasteiger partial charge in [0, 0.05) is 13.8 Å². The van der Waals surface area contributed by atoms with Crippen molar-refractivity contribution >= 4 is 17.5 Å². The normalized spacial score (nSPS) is 9.57. The van der Waals surface area contributed by atoms with Crippen LogP contribution in [-0.2, 0) is 14.7 Å². The molecule has 0 aliphatic carbocycles. The van der Waals surface area contributed by atoms with Crippen molar-refractivity contribution in [3.63, 3.8) is 0 Å². The van der Waals surface area contributed by atoms with Gasteiger partial charge in [0.2, 0.25) is 17.6 Å². The highest BCUT2D eigenvalue weighted by molar-refractivity contribution is 6.13. The molecule has 73 valence electrons. The lowest BCUT2D eigenvalue weighted by atomic mass is 10.2. The standard InChI is InChI=1S/C10H10NO3/c1-7(12)11(8(2)13)9-5-3-4-6-10(9)14/h3-6H,1-2H3. The SMILES string of the molecule is CC(=O)N(C(C)=O)c1ccccc1[O]. The van der Waals surface area contributed by atoms with Gasteiger partial charge in [-0.25, -0.2) is 4.90 Å². The molecule has 4 heteroatoms. The molecule has 0 aliphatic rings. The lowest BCUT2D eigenvalue weighted by molar-refractivity contribution is -0.124. The number of carbonyl (C=O) groups is 2. The van der Waals surface area contributed by atoms with E-state index >= 15 is 0 Å². The van der Waals surface area contributed by atoms with Crippen LogP contribution in [0.1, 0.15) is 13.8 Å². The van der Waals surface area contributed by atoms with Gasteiger partial charge in [0.05, 0.1) is 5.69 Å². The van der Waals surface area contributed by atoms with Crippen LogP contribution >= 0.6 is 0 Å². The number of carbonyl (C=O) groups excluding carboxylic acids is 2. The third-order valence-corrected chi connectivity index (χ3v) is 1.74. The summed E-state index contributed by atoms with van der Waals surface area (Å²) in [5, 5.41) is 11.3. The largest absolute Gasteiger partial charge is 0.288 e. The van der Waals surface area contributed by atoms with Gasteiger partial charge in [0.25, 0.3) is 0 Å². The lowest BCUT2D eigenvalue weighted by Crippen LogP contribution is -2.32. The van der Waals surface area contributed by atoms with Crippen molar-refractivity contribution in [3.05, 3.63) is 24.3 Å². The van der Waals surface area contributed by atoms with Gasteiger partial charge < -0.3 is 0 Å². The summed E-state index contributed by atoms with van der Waals surface area (Å²) in [6.45, 7) is 2.49. The molecule has 1 radical (unpaired) electrons. The first kappa shape index (κ1) is 10.2. The molecule has 0 bridgehead atoms. The van der Waals surface area contributed by atoms with E-state index in [1.807, 2.05) is 0 Å². The number of nitrogens with zero attached hydrogens (tertiary/aromatic N) is 1. The molecular formula is C10H10NO3. The van der Waals surface area contributed by atoms with Crippen LogP contribution < -0.4 is 4.90 Å². The quantitative estimate of drug-likeness (QED) is 0.680. The molecule has 0 atom stereocenters. The van der Waals surface area contributed by atoms with Crippen LogP contribution in [0, 0.1) is 0 Å². The predicted octanol–water partition coefficient (Wildman–Crippen LogP) is 1.73. The molecule has 0 spiro atoms. The Balaban J connectivity index is 3.18. The highest BCUT2D eigenvalue weighted by atomic mass is 16.3. The van der Waals surface area contributed by atoms with Gasteiger partial charge in [-0.15, -0.1) is 0 Å². The molecule has 14 heavy (non-hydrogen) atoms. The second-order valence-corrected chi connectivity index (χ2v) is 2.84. The molecule has 1 aromatic rings. The molecule has 0 heterocycles. The van der Waals surface area contributed by atoms with Crippen LogP contribution in [0.25, 0.3) is 0 Å². The van der Waals surface area contributed by atoms with Crippen LogP contribution in [0.15, 0.2) is 24.3 Å². The average Bonchev–Trinajstić information content (AvgIpc) is 2.07. The van der Waals surface area contributed by atoms with Gasteiger partial charge in [-0.2, -0.15) is 0 Å². The van der Waals surface area contributed by atoms with E-state index in [0.717, 1.165) is 4.90 Å². The Hall–Kier alpha value is -1.84. The van der Waals surface area contributed by atoms with Gasteiger partial charge in [0.15, 0.2) is 0 Å². The minimum atomic E-state index is -0.458. The maximum atomic E-state index is 11.3. The number of benzene rings is 1. The fourth-order valence-corrected chi connectivity index (χ4v) is 1.20. The Morgan fingerprint density at radius 1 is 1.07 bits per heavy atom. The number of anilines is 1. The fourth-order valence-electron chi connectivity index (χ4n) is 1.20. The number of hydrogen-bond acceptors (Lipinski definition) is 2. The number of hydrogen-bond donors (Lipinski definition) is 0. The topological polar surface area (TPSA) is 57.3 Å². The van der Waals surface area contributed by atoms with Crippen molar-refractivity contribution in [2.45, 2.75) is 13.8 Å². The zero-order valence-corrected chi connectivity index (χ0v) is 7.98. The molecule has 0 fully saturated rings. The number of rotatable bonds is 1. The Labute approximate surface area is 81.8 Å². The highest BCUT2D eigenvalue weighted by Gasteiger charge is 2.19. The van der Waals surface area contributed by atoms with Crippen molar-refractivity contribution < 1.29 is 14.7 Å². The maximum Gasteiger partial charge on any atom is 0.230 e. The van der Waals surface area contributed by atoms with E-state index < -0.39 is 11.8 Å². The van der Waals surface area contributed by atoms with Crippen molar-refractivity contribution in [3.8, 4) is 5.75 Å². The maximum absolute atomic E-state index is 11.3. The van der Waals surface area contributed by atoms with Crippen LogP contribution in [0.2, 0.25) is 0 Å². The van der Waals surface area contributed by atoms with Gasteiger partial charge >= 0.3 is 0 Å². The molecule has 1 aromatic carbocycles. The predicted molar refractivity (Wildman–Crippen MR) is 50.4 cm³/mol. The fraction of sp³-hybridized carbons (Fsp3) is 0.200. The second-order valence-electron chi connectivity index (χ2n) is 2.84. The molecule has 0 saturated heterocycles.